The number of nitrogens with one attached hydrogen (secondary N) is 1. The van der Waals surface area contributed by atoms with Crippen molar-refractivity contribution in [1.29, 1.82) is 5.41 Å². The first kappa shape index (κ1) is 11.9. The van der Waals surface area contributed by atoms with Crippen LogP contribution < -0.4 is 5.73 Å². The normalized spacial score (nSPS) is 10.8. The zero-order valence-electron chi connectivity index (χ0n) is 9.97. The topological polar surface area (TPSA) is 67.7 Å². The molecule has 0 spiro atoms. The van der Waals surface area contributed by atoms with Crippen molar-refractivity contribution >= 4 is 32.7 Å². The summed E-state index contributed by atoms with van der Waals surface area (Å²) in [4.78, 5) is 0. The molecule has 94 valence electrons. The smallest absolute Gasteiger partial charge is 0.125 e. The Morgan fingerprint density at radius 2 is 2.00 bits per heavy atom. The van der Waals surface area contributed by atoms with Crippen molar-refractivity contribution in [3.8, 4) is 5.69 Å². The number of hydrogen-bond donors (Lipinski definition) is 2. The van der Waals surface area contributed by atoms with Crippen molar-refractivity contribution < 1.29 is 0 Å². The van der Waals surface area contributed by atoms with E-state index in [2.05, 4.69) is 21.0 Å². The molecule has 3 aromatic rings. The molecule has 3 N–H and O–H groups in total. The summed E-state index contributed by atoms with van der Waals surface area (Å²) in [6, 6.07) is 13.6. The summed E-state index contributed by atoms with van der Waals surface area (Å²) in [6.07, 6.45) is 1.81. The van der Waals surface area contributed by atoms with Crippen LogP contribution in [0, 0.1) is 5.41 Å². The van der Waals surface area contributed by atoms with Gasteiger partial charge in [-0.3, -0.25) is 5.41 Å². The molecule has 1 aromatic heterocycles. The van der Waals surface area contributed by atoms with Crippen molar-refractivity contribution in [2.75, 3.05) is 0 Å². The molecule has 0 aliphatic heterocycles. The summed E-state index contributed by atoms with van der Waals surface area (Å²) < 4.78 is 2.69. The van der Waals surface area contributed by atoms with Crippen molar-refractivity contribution in [3.05, 3.63) is 58.7 Å². The fraction of sp³-hybridized carbons (Fsp3) is 0. The number of benzene rings is 2. The van der Waals surface area contributed by atoms with E-state index in [1.54, 1.807) is 10.9 Å². The number of nitrogens with two attached hydrogens (primary N) is 1. The summed E-state index contributed by atoms with van der Waals surface area (Å²) in [7, 11) is 0. The molecule has 2 aromatic carbocycles. The predicted octanol–water partition coefficient (Wildman–Crippen LogP) is 3.07. The Morgan fingerprint density at radius 1 is 1.21 bits per heavy atom. The van der Waals surface area contributed by atoms with Crippen LogP contribution in [0.1, 0.15) is 5.56 Å². The SMILES string of the molecule is N=C(N)c1cc(Br)ccc1-n1ncc2ccccc21. The standard InChI is InChI=1S/C14H11BrN4/c15-10-5-6-13(11(7-10)14(16)17)19-12-4-2-1-3-9(12)8-18-19/h1-8H,(H3,16,17). The first-order valence-electron chi connectivity index (χ1n) is 5.74. The Hall–Kier alpha value is -2.14. The van der Waals surface area contributed by atoms with E-state index < -0.39 is 0 Å². The predicted molar refractivity (Wildman–Crippen MR) is 79.8 cm³/mol. The van der Waals surface area contributed by atoms with Gasteiger partial charge in [0.05, 0.1) is 17.4 Å². The van der Waals surface area contributed by atoms with Crippen molar-refractivity contribution in [3.63, 3.8) is 0 Å². The van der Waals surface area contributed by atoms with E-state index in [0.29, 0.717) is 5.56 Å². The Balaban J connectivity index is 2.30. The molecule has 0 aliphatic carbocycles. The molecule has 0 bridgehead atoms. The lowest BCUT2D eigenvalue weighted by molar-refractivity contribution is 0.907. The monoisotopic (exact) mass is 314 g/mol. The van der Waals surface area contributed by atoms with E-state index in [9.17, 15) is 0 Å². The van der Waals surface area contributed by atoms with Crippen LogP contribution >= 0.6 is 15.9 Å². The third-order valence-electron chi connectivity index (χ3n) is 2.95. The average Bonchev–Trinajstić information content (AvgIpc) is 2.82. The maximum atomic E-state index is 7.70. The number of fused-ring (bicyclic) bond motifs is 1. The summed E-state index contributed by atoms with van der Waals surface area (Å²) >= 11 is 3.40. The second kappa shape index (κ2) is 4.51. The molecule has 0 aliphatic rings. The molecule has 5 heteroatoms. The van der Waals surface area contributed by atoms with Crippen LogP contribution in [0.2, 0.25) is 0 Å². The molecular formula is C14H11BrN4. The second-order valence-electron chi connectivity index (χ2n) is 4.19. The zero-order valence-corrected chi connectivity index (χ0v) is 11.6. The highest BCUT2D eigenvalue weighted by Gasteiger charge is 2.11. The summed E-state index contributed by atoms with van der Waals surface area (Å²) in [5.74, 6) is 0.0240. The van der Waals surface area contributed by atoms with Gasteiger partial charge >= 0.3 is 0 Å². The van der Waals surface area contributed by atoms with E-state index in [4.69, 9.17) is 11.1 Å². The third-order valence-corrected chi connectivity index (χ3v) is 3.45. The van der Waals surface area contributed by atoms with Gasteiger partial charge in [-0.15, -0.1) is 0 Å². The van der Waals surface area contributed by atoms with Gasteiger partial charge in [-0.1, -0.05) is 34.1 Å². The van der Waals surface area contributed by atoms with Crippen molar-refractivity contribution in [2.24, 2.45) is 5.73 Å². The largest absolute Gasteiger partial charge is 0.384 e. The van der Waals surface area contributed by atoms with Gasteiger partial charge in [0, 0.05) is 15.4 Å². The molecule has 1 heterocycles. The molecular weight excluding hydrogens is 304 g/mol. The number of hydrogen-bond acceptors (Lipinski definition) is 2. The third kappa shape index (κ3) is 2.02. The molecule has 0 saturated heterocycles. The van der Waals surface area contributed by atoms with Gasteiger partial charge < -0.3 is 5.73 Å². The Labute approximate surface area is 118 Å². The number of halogens is 1. The maximum Gasteiger partial charge on any atom is 0.125 e. The van der Waals surface area contributed by atoms with E-state index >= 15 is 0 Å². The van der Waals surface area contributed by atoms with Crippen LogP contribution in [-0.4, -0.2) is 15.6 Å². The minimum atomic E-state index is 0.0240. The van der Waals surface area contributed by atoms with Gasteiger partial charge in [0.15, 0.2) is 0 Å². The first-order valence-corrected chi connectivity index (χ1v) is 6.53. The molecule has 4 nitrogen and oxygen atoms in total. The number of nitrogens with zero attached hydrogens (tertiary/aromatic N) is 2. The minimum absolute atomic E-state index is 0.0240. The van der Waals surface area contributed by atoms with Crippen LogP contribution in [-0.2, 0) is 0 Å². The van der Waals surface area contributed by atoms with Gasteiger partial charge in [0.1, 0.15) is 5.84 Å². The number of nitrogen functional groups attached to an aromatic ring is 1. The van der Waals surface area contributed by atoms with Gasteiger partial charge in [0.25, 0.3) is 0 Å². The summed E-state index contributed by atoms with van der Waals surface area (Å²) in [6.45, 7) is 0. The highest BCUT2D eigenvalue weighted by molar-refractivity contribution is 9.10. The zero-order chi connectivity index (χ0) is 13.4. The number of para-hydroxylation sites is 1. The molecule has 0 unspecified atom stereocenters. The van der Waals surface area contributed by atoms with Gasteiger partial charge in [0.2, 0.25) is 0 Å². The van der Waals surface area contributed by atoms with Crippen LogP contribution in [0.4, 0.5) is 0 Å². The van der Waals surface area contributed by atoms with Crippen LogP contribution in [0.5, 0.6) is 0 Å². The number of rotatable bonds is 2. The highest BCUT2D eigenvalue weighted by atomic mass is 79.9. The molecule has 19 heavy (non-hydrogen) atoms. The van der Waals surface area contributed by atoms with Crippen LogP contribution in [0.15, 0.2) is 53.1 Å². The highest BCUT2D eigenvalue weighted by Crippen LogP contribution is 2.23. The number of amidine groups is 1. The molecule has 0 fully saturated rings. The van der Waals surface area contributed by atoms with Crippen LogP contribution in [0.25, 0.3) is 16.6 Å². The summed E-state index contributed by atoms with van der Waals surface area (Å²) in [5.41, 5.74) is 8.11. The van der Waals surface area contributed by atoms with Gasteiger partial charge in [-0.05, 0) is 24.3 Å². The van der Waals surface area contributed by atoms with Gasteiger partial charge in [-0.2, -0.15) is 5.10 Å². The molecule has 0 amide bonds. The van der Waals surface area contributed by atoms with Crippen molar-refractivity contribution in [2.45, 2.75) is 0 Å². The lowest BCUT2D eigenvalue weighted by atomic mass is 10.1. The Morgan fingerprint density at radius 3 is 2.79 bits per heavy atom. The first-order chi connectivity index (χ1) is 9.16. The van der Waals surface area contributed by atoms with E-state index in [0.717, 1.165) is 21.1 Å². The Bertz CT molecular complexity index is 776. The Kier molecular flexibility index (Phi) is 2.83. The fourth-order valence-electron chi connectivity index (χ4n) is 2.07. The lowest BCUT2D eigenvalue weighted by Gasteiger charge is -2.10. The molecule has 0 saturated carbocycles. The average molecular weight is 315 g/mol. The molecule has 0 atom stereocenters. The molecule has 0 radical (unpaired) electrons. The van der Waals surface area contributed by atoms with E-state index in [1.165, 1.54) is 0 Å². The minimum Gasteiger partial charge on any atom is -0.384 e. The number of aromatic nitrogens is 2. The van der Waals surface area contributed by atoms with Crippen molar-refractivity contribution in [1.82, 2.24) is 9.78 Å². The lowest BCUT2D eigenvalue weighted by Crippen LogP contribution is -2.15. The summed E-state index contributed by atoms with van der Waals surface area (Å²) in [5, 5.41) is 13.1. The van der Waals surface area contributed by atoms with Gasteiger partial charge in [-0.25, -0.2) is 4.68 Å². The molecule has 3 rings (SSSR count). The fourth-order valence-corrected chi connectivity index (χ4v) is 2.43. The van der Waals surface area contributed by atoms with Crippen LogP contribution in [0.3, 0.4) is 0 Å². The maximum absolute atomic E-state index is 7.70. The second-order valence-corrected chi connectivity index (χ2v) is 5.11. The van der Waals surface area contributed by atoms with E-state index in [-0.39, 0.29) is 5.84 Å². The quantitative estimate of drug-likeness (QED) is 0.564. The van der Waals surface area contributed by atoms with E-state index in [1.807, 2.05) is 42.5 Å².